The highest BCUT2D eigenvalue weighted by molar-refractivity contribution is 7.47. The SMILES string of the molecule is CC/C=C\C/C=C\C/C=C\C/C=C\C/C=C\CCCCCC(=O)OC[C@H](COP(=O)(O)OC[C@H](O)COP(=O)(O)OC[C@@H](COC(=O)CCCCC/C=C\C/C=C\C/C=C\C/C=C\C/C=C\CC)OC(=O)CCCCC/C=C\C/C=C\C/C=C\C/C=C\C/C=C\CC)OC(=O)CCC/C=C\C/C=C\C/C=C\C/C=C\CCCCC. The van der Waals surface area contributed by atoms with Gasteiger partial charge in [0.25, 0.3) is 0 Å². The molecule has 0 aromatic rings. The zero-order chi connectivity index (χ0) is 83.1. The molecule has 640 valence electrons. The van der Waals surface area contributed by atoms with Crippen LogP contribution in [0.4, 0.5) is 0 Å². The molecular weight excluding hydrogens is 1470 g/mol. The second-order valence-electron chi connectivity index (χ2n) is 27.3. The molecule has 0 spiro atoms. The van der Waals surface area contributed by atoms with Crippen LogP contribution in [0.5, 0.6) is 0 Å². The van der Waals surface area contributed by atoms with Crippen molar-refractivity contribution in [3.8, 4) is 0 Å². The Bertz CT molecular complexity index is 3070. The van der Waals surface area contributed by atoms with E-state index < -0.39 is 97.5 Å². The van der Waals surface area contributed by atoms with Crippen molar-refractivity contribution in [2.45, 2.75) is 303 Å². The van der Waals surface area contributed by atoms with E-state index in [4.69, 9.17) is 37.0 Å². The standard InChI is InChI=1S/C95H148O17P2/c1-5-9-13-17-21-25-29-33-37-41-44-48-51-55-59-63-67-71-75-79-92(97)105-85-90(111-94(99)81-77-73-69-65-61-57-53-47-40-36-32-28-24-20-16-12-8-4)87-109-113(101,102)107-83-89(96)84-108-114(103,104)110-88-91(112-95(100)82-78-74-70-66-62-58-54-50-46-43-39-35-31-27-23-19-15-11-7-3)86-106-93(98)80-76-72-68-64-60-56-52-49-45-42-38-34-30-26-22-18-14-10-6-2/h9-11,13-15,21-28,33-40,44-46,48-50,53,55-60,62,65,69,89-91,96H,5-8,12,16-20,29-32,41-43,47,51-52,54,61,63-64,66-68,70-88H2,1-4H3,(H,101,102)(H,103,104)/b13-9-,14-10-,15-11-,25-21-,26-22-,27-23-,28-24-,37-33-,38-34-,39-35-,40-36-,48-44-,49-45-,50-46-,57-53-,59-55-,60-56-,62-58-,69-65-/t89-,90+,91+/m0/s1. The molecule has 0 aliphatic rings. The Morgan fingerprint density at radius 2 is 0.465 bits per heavy atom. The fourth-order valence-corrected chi connectivity index (χ4v) is 11.8. The van der Waals surface area contributed by atoms with Gasteiger partial charge in [0.05, 0.1) is 26.4 Å². The van der Waals surface area contributed by atoms with Gasteiger partial charge in [-0.25, -0.2) is 9.13 Å². The van der Waals surface area contributed by atoms with Gasteiger partial charge in [-0.2, -0.15) is 0 Å². The number of phosphoric acid groups is 2. The summed E-state index contributed by atoms with van der Waals surface area (Å²) >= 11 is 0. The van der Waals surface area contributed by atoms with Gasteiger partial charge in [-0.05, 0) is 199 Å². The Labute approximate surface area is 689 Å². The number of carbonyl (C=O) groups excluding carboxylic acids is 4. The first-order valence-corrected chi connectivity index (χ1v) is 45.6. The number of ether oxygens (including phenoxy) is 4. The van der Waals surface area contributed by atoms with Crippen LogP contribution in [0.2, 0.25) is 0 Å². The number of phosphoric ester groups is 2. The lowest BCUT2D eigenvalue weighted by Gasteiger charge is -2.21. The van der Waals surface area contributed by atoms with Crippen molar-refractivity contribution in [1.82, 2.24) is 0 Å². The summed E-state index contributed by atoms with van der Waals surface area (Å²) in [6.07, 6.45) is 109. The second-order valence-corrected chi connectivity index (χ2v) is 30.2. The number of rotatable bonds is 77. The highest BCUT2D eigenvalue weighted by Crippen LogP contribution is 2.45. The van der Waals surface area contributed by atoms with Gasteiger partial charge in [0, 0.05) is 25.7 Å². The predicted octanol–water partition coefficient (Wildman–Crippen LogP) is 25.8. The van der Waals surface area contributed by atoms with Crippen LogP contribution in [-0.2, 0) is 65.4 Å². The second kappa shape index (κ2) is 84.0. The highest BCUT2D eigenvalue weighted by Gasteiger charge is 2.30. The number of unbranched alkanes of at least 4 members (excludes halogenated alkanes) is 13. The van der Waals surface area contributed by atoms with Gasteiger partial charge in [-0.3, -0.25) is 37.3 Å². The van der Waals surface area contributed by atoms with E-state index in [0.717, 1.165) is 180 Å². The topological polar surface area (TPSA) is 237 Å². The summed E-state index contributed by atoms with van der Waals surface area (Å²) in [5.41, 5.74) is 0. The summed E-state index contributed by atoms with van der Waals surface area (Å²) < 4.78 is 68.7. The predicted molar refractivity (Wildman–Crippen MR) is 472 cm³/mol. The lowest BCUT2D eigenvalue weighted by molar-refractivity contribution is -0.161. The number of aliphatic hydroxyl groups is 1. The first kappa shape index (κ1) is 107. The normalized spacial score (nSPS) is 14.9. The summed E-state index contributed by atoms with van der Waals surface area (Å²) in [4.78, 5) is 73.3. The molecule has 3 N–H and O–H groups in total. The summed E-state index contributed by atoms with van der Waals surface area (Å²) in [7, 11) is -10.0. The van der Waals surface area contributed by atoms with Crippen molar-refractivity contribution in [3.05, 3.63) is 231 Å². The minimum Gasteiger partial charge on any atom is -0.462 e. The molecule has 114 heavy (non-hydrogen) atoms. The third kappa shape index (κ3) is 83.1. The Hall–Kier alpha value is -6.88. The average molecular weight is 1620 g/mol. The van der Waals surface area contributed by atoms with Crippen LogP contribution in [-0.4, -0.2) is 96.7 Å². The third-order valence-electron chi connectivity index (χ3n) is 16.6. The van der Waals surface area contributed by atoms with E-state index in [1.54, 1.807) is 0 Å². The number of esters is 4. The van der Waals surface area contributed by atoms with Gasteiger partial charge in [-0.15, -0.1) is 0 Å². The molecule has 0 rings (SSSR count). The molecule has 0 saturated carbocycles. The molecule has 0 saturated heterocycles. The van der Waals surface area contributed by atoms with E-state index in [1.165, 1.54) is 19.3 Å². The monoisotopic (exact) mass is 1620 g/mol. The smallest absolute Gasteiger partial charge is 0.462 e. The van der Waals surface area contributed by atoms with Crippen LogP contribution in [0.3, 0.4) is 0 Å². The Kier molecular flexibility index (Phi) is 79.0. The first-order valence-electron chi connectivity index (χ1n) is 42.6. The maximum atomic E-state index is 13.2. The van der Waals surface area contributed by atoms with Crippen LogP contribution < -0.4 is 0 Å². The summed E-state index contributed by atoms with van der Waals surface area (Å²) in [6, 6.07) is 0. The Balaban J connectivity index is 5.58. The number of allylic oxidation sites excluding steroid dienone is 38. The lowest BCUT2D eigenvalue weighted by atomic mass is 10.1. The lowest BCUT2D eigenvalue weighted by Crippen LogP contribution is -2.30. The first-order chi connectivity index (χ1) is 55.7. The molecule has 5 atom stereocenters. The fourth-order valence-electron chi connectivity index (χ4n) is 10.2. The Morgan fingerprint density at radius 3 is 0.719 bits per heavy atom. The van der Waals surface area contributed by atoms with Gasteiger partial charge >= 0.3 is 39.5 Å². The van der Waals surface area contributed by atoms with Crippen molar-refractivity contribution in [3.63, 3.8) is 0 Å². The largest absolute Gasteiger partial charge is 0.472 e. The van der Waals surface area contributed by atoms with Crippen LogP contribution in [0, 0.1) is 0 Å². The molecule has 0 aromatic carbocycles. The molecule has 0 aliphatic carbocycles. The zero-order valence-corrected chi connectivity index (χ0v) is 71.9. The summed E-state index contributed by atoms with van der Waals surface area (Å²) in [5, 5.41) is 10.7. The molecule has 0 aromatic heterocycles. The molecule has 0 bridgehead atoms. The minimum absolute atomic E-state index is 0.000253. The summed E-state index contributed by atoms with van der Waals surface area (Å²) in [6.45, 7) is 4.30. The molecule has 0 aliphatic heterocycles. The van der Waals surface area contributed by atoms with E-state index in [0.29, 0.717) is 32.1 Å². The quantitative estimate of drug-likeness (QED) is 0.0169. The van der Waals surface area contributed by atoms with Crippen molar-refractivity contribution in [2.24, 2.45) is 0 Å². The summed E-state index contributed by atoms with van der Waals surface area (Å²) in [5.74, 6) is -2.38. The van der Waals surface area contributed by atoms with E-state index >= 15 is 0 Å². The van der Waals surface area contributed by atoms with Crippen LogP contribution in [0.1, 0.15) is 285 Å². The van der Waals surface area contributed by atoms with E-state index in [-0.39, 0.29) is 25.7 Å². The van der Waals surface area contributed by atoms with E-state index in [9.17, 15) is 43.2 Å². The van der Waals surface area contributed by atoms with Gasteiger partial charge in [-0.1, -0.05) is 291 Å². The van der Waals surface area contributed by atoms with Gasteiger partial charge in [0.15, 0.2) is 12.2 Å². The van der Waals surface area contributed by atoms with E-state index in [1.807, 2.05) is 12.2 Å². The number of hydrogen-bond donors (Lipinski definition) is 3. The van der Waals surface area contributed by atoms with Crippen LogP contribution >= 0.6 is 15.6 Å². The molecule has 0 heterocycles. The zero-order valence-electron chi connectivity index (χ0n) is 70.1. The number of carbonyl (C=O) groups is 4. The third-order valence-corrected chi connectivity index (χ3v) is 18.5. The average Bonchev–Trinajstić information content (AvgIpc) is 0.899. The highest BCUT2D eigenvalue weighted by atomic mass is 31.2. The molecule has 0 amide bonds. The maximum absolute atomic E-state index is 13.2. The fraction of sp³-hybridized carbons (Fsp3) is 0.558. The molecule has 0 fully saturated rings. The van der Waals surface area contributed by atoms with Gasteiger partial charge < -0.3 is 33.8 Å². The van der Waals surface area contributed by atoms with Crippen LogP contribution in [0.15, 0.2) is 231 Å². The Morgan fingerprint density at radius 1 is 0.254 bits per heavy atom. The molecule has 2 unspecified atom stereocenters. The molecular formula is C95H148O17P2. The van der Waals surface area contributed by atoms with Crippen molar-refractivity contribution in [1.29, 1.82) is 0 Å². The van der Waals surface area contributed by atoms with Gasteiger partial charge in [0.1, 0.15) is 19.3 Å². The molecule has 0 radical (unpaired) electrons. The van der Waals surface area contributed by atoms with Gasteiger partial charge in [0.2, 0.25) is 0 Å². The van der Waals surface area contributed by atoms with E-state index in [2.05, 4.69) is 246 Å². The van der Waals surface area contributed by atoms with Crippen molar-refractivity contribution < 1.29 is 80.2 Å². The van der Waals surface area contributed by atoms with Crippen LogP contribution in [0.25, 0.3) is 0 Å². The maximum Gasteiger partial charge on any atom is 0.472 e. The van der Waals surface area contributed by atoms with Crippen molar-refractivity contribution in [2.75, 3.05) is 39.6 Å². The molecule has 17 nitrogen and oxygen atoms in total. The number of aliphatic hydroxyl groups excluding tert-OH is 1. The minimum atomic E-state index is -5.02. The molecule has 19 heteroatoms. The number of hydrogen-bond acceptors (Lipinski definition) is 15. The van der Waals surface area contributed by atoms with Crippen molar-refractivity contribution >= 4 is 39.5 Å².